The quantitative estimate of drug-likeness (QED) is 0.00762. The first-order chi connectivity index (χ1) is 69.3. The third-order valence-corrected chi connectivity index (χ3v) is 43.3. The van der Waals surface area contributed by atoms with E-state index in [-0.39, 0.29) is 196 Å². The molecular weight excluding hydrogens is 2070 g/mol. The molecule has 10 aromatic rings. The minimum Gasteiger partial charge on any atom is -0.408 e. The Labute approximate surface area is 866 Å². The van der Waals surface area contributed by atoms with E-state index in [9.17, 15) is 39.3 Å². The smallest absolute Gasteiger partial charge is 0.279 e. The van der Waals surface area contributed by atoms with Crippen LogP contribution in [0, 0.1) is 64.2 Å². The van der Waals surface area contributed by atoms with Gasteiger partial charge in [0, 0.05) is 40.8 Å². The molecule has 0 aliphatic carbocycles. The van der Waals surface area contributed by atoms with Crippen LogP contribution in [0.25, 0.3) is 49.5 Å². The lowest BCUT2D eigenvalue weighted by atomic mass is 10.00. The van der Waals surface area contributed by atoms with Crippen molar-refractivity contribution >= 4 is 171 Å². The SMILES string of the molecule is CC(C)C(=O)Cc1nc2c(ncn2[C@@H]2O[C@H](COP(=S)(N[C@H]3[C@@H](O[Si](C)(C)C(C)(C)C)[C@H](n4cnc5c(NC(=O)c6ccccc6)ncnc54)O[C@@H]3COP=S)OCCC#N)[C@@H](N)[C@H]2C)c(=O)[nH]1.N#CCCO.[C-]#[N+]CCOP1(=S)N[C@H]2[C@@H](C)[C@H](n3cnc4c(=O)[nH]c(CC(=O)C(C)C)nc43)O[C@@H]2COP(=S)(OCCC#N)N[C@H]2[C@@H](O[Si](C)(C)C(C)(C)C)[C@H](n3cnc4c(NC(=O)c5ccccc5)ncnc43)O[C@@H]2CO1. The van der Waals surface area contributed by atoms with Crippen molar-refractivity contribution in [3.63, 3.8) is 0 Å². The maximum Gasteiger partial charge on any atom is 0.279 e. The van der Waals surface area contributed by atoms with Crippen LogP contribution in [0.5, 0.6) is 0 Å². The number of benzene rings is 2. The average molecular weight is 2190 g/mol. The summed E-state index contributed by atoms with van der Waals surface area (Å²) in [6.07, 6.45) is 0.541. The second-order valence-electron chi connectivity index (χ2n) is 38.8. The van der Waals surface area contributed by atoms with Crippen molar-refractivity contribution in [2.45, 2.75) is 237 Å². The first-order valence-corrected chi connectivity index (χ1v) is 62.7. The lowest BCUT2D eigenvalue weighted by Crippen LogP contribution is -2.53. The van der Waals surface area contributed by atoms with Crippen molar-refractivity contribution in [2.24, 2.45) is 29.4 Å². The molecule has 0 saturated carbocycles. The van der Waals surface area contributed by atoms with Crippen LogP contribution in [0.3, 0.4) is 0 Å². The molecule has 0 bridgehead atoms. The summed E-state index contributed by atoms with van der Waals surface area (Å²) in [5, 5.41) is 50.3. The molecule has 0 spiro atoms. The van der Waals surface area contributed by atoms with Gasteiger partial charge in [-0.15, -0.1) is 0 Å². The number of nitrogens with two attached hydrogens (primary N) is 1. The van der Waals surface area contributed by atoms with Gasteiger partial charge in [-0.2, -0.15) is 15.8 Å². The second kappa shape index (κ2) is 49.2. The maximum atomic E-state index is 13.3. The summed E-state index contributed by atoms with van der Waals surface area (Å²) in [6.45, 7) is 28.0. The first-order valence-electron chi connectivity index (χ1n) is 47.1. The molecule has 146 heavy (non-hydrogen) atoms. The Morgan fingerprint density at radius 1 is 0.603 bits per heavy atom. The molecule has 56 heteroatoms. The van der Waals surface area contributed by atoms with Crippen LogP contribution in [-0.4, -0.2) is 243 Å². The number of imidazole rings is 4. The fourth-order valence-electron chi connectivity index (χ4n) is 16.0. The van der Waals surface area contributed by atoms with E-state index in [1.807, 2.05) is 26.0 Å². The van der Waals surface area contributed by atoms with Gasteiger partial charge in [-0.3, -0.25) is 47.0 Å². The number of nitrogens with one attached hydrogen (secondary N) is 7. The van der Waals surface area contributed by atoms with E-state index in [0.717, 1.165) is 0 Å². The Kier molecular flexibility index (Phi) is 38.3. The van der Waals surface area contributed by atoms with Gasteiger partial charge in [0.25, 0.3) is 42.9 Å². The molecule has 19 atom stereocenters. The number of carbonyl (C=O) groups excluding carboxylic acids is 4. The van der Waals surface area contributed by atoms with Crippen molar-refractivity contribution < 1.29 is 83.8 Å². The summed E-state index contributed by atoms with van der Waals surface area (Å²) in [6, 6.07) is 20.6. The van der Waals surface area contributed by atoms with Crippen LogP contribution in [0.15, 0.2) is 108 Å². The molecule has 5 fully saturated rings. The number of H-pyrrole nitrogens is 2. The Morgan fingerprint density at radius 2 is 1.04 bits per heavy atom. The van der Waals surface area contributed by atoms with Gasteiger partial charge in [-0.1, -0.05) is 119 Å². The monoisotopic (exact) mass is 2190 g/mol. The summed E-state index contributed by atoms with van der Waals surface area (Å²) < 4.78 is 93.5. The van der Waals surface area contributed by atoms with Gasteiger partial charge >= 0.3 is 0 Å². The predicted octanol–water partition coefficient (Wildman–Crippen LogP) is 11.6. The molecule has 782 valence electrons. The molecule has 8 aromatic heterocycles. The number of nitrogens with zero attached hydrogens (tertiary/aromatic N) is 18. The third-order valence-electron chi connectivity index (χ3n) is 26.1. The minimum atomic E-state index is -3.65. The van der Waals surface area contributed by atoms with E-state index in [1.165, 1.54) is 25.3 Å². The van der Waals surface area contributed by atoms with Gasteiger partial charge in [0.05, 0.1) is 146 Å². The lowest BCUT2D eigenvalue weighted by Gasteiger charge is -2.41. The summed E-state index contributed by atoms with van der Waals surface area (Å²) in [5.41, 5.74) is 8.62. The summed E-state index contributed by atoms with van der Waals surface area (Å²) in [7, 11) is -5.12. The molecule has 46 nitrogen and oxygen atoms in total. The molecule has 3 unspecified atom stereocenters. The van der Waals surface area contributed by atoms with E-state index in [0.29, 0.717) is 33.5 Å². The zero-order valence-electron chi connectivity index (χ0n) is 83.3. The van der Waals surface area contributed by atoms with Crippen LogP contribution in [0.1, 0.15) is 160 Å². The standard InChI is InChI=1S/C45H59N13O10P2S2Si.C42H56N12O9P2S2Si.C3H5NO/c1-26(2)29(59)20-32-52-40-36(42(61)53-32)51-25-58(40)43-27(3)33-30(66-43)21-64-70(72,62-18-13-16-46)56-34-31(22-65-69(71,55-33)63-19-17-47-7)67-44(37(34)68-73(8,9)45(4,5)6)57-24-50-35-38(48-23-49-39(35)57)54-41(60)28-14-11-10-12-15-28;1-23(2)26(55)17-29-49-37-33(39(57)50-29)48-22-54(37)40-24(3)30(44)27(61-40)19-60-65(67,59-16-12-15-43)52-31-28(18-58-64-66)62-41(34(31)63-68(7,8)42(4,5)6)53-21-47-32-35(45-20-46-36(32)53)51-38(56)25-13-10-9-11-14-25;4-2-1-3-5/h10-12,14-15,23-27,30-31,33-34,37,43-44H,13,17-22H2,1-6,8-9H3,(H,55,71)(H,56,72)(H,52,53,61)(H,48,49,54,60);9-11,13-14,20-24,27-28,30-31,34,40-41H,12,16-19,44H2,1-8H3,(H,52,67)(H,49,50,57)(H,45,46,51,56);5H,1,3H2/t27-,30-,31-,33+,34-,37-,43-,44-,69?,70?;24-,27-,28-,30+,31-,34-,40-,41-,65?;/m11./s1. The van der Waals surface area contributed by atoms with Crippen LogP contribution in [-0.2, 0) is 129 Å². The fraction of sp³-hybridized carbons (Fsp3) is 0.556. The normalized spacial score (nSPS) is 25.5. The highest BCUT2D eigenvalue weighted by Crippen LogP contribution is 2.56. The van der Waals surface area contributed by atoms with Crippen LogP contribution >= 0.6 is 27.5 Å². The molecular formula is C90H120N26O20P4S4Si2. The average Bonchev–Trinajstić information content (AvgIpc) is 1.60. The number of fused-ring (bicyclic) bond motifs is 6. The van der Waals surface area contributed by atoms with Gasteiger partial charge in [0.1, 0.15) is 93.0 Å². The number of aromatic amines is 2. The number of ether oxygens (including phenoxy) is 4. The highest BCUT2D eigenvalue weighted by molar-refractivity contribution is 8.09. The zero-order valence-corrected chi connectivity index (χ0v) is 92.1. The zero-order chi connectivity index (χ0) is 106. The Hall–Kier alpha value is -9.34. The van der Waals surface area contributed by atoms with Crippen molar-refractivity contribution in [3.05, 3.63) is 154 Å². The summed E-state index contributed by atoms with van der Waals surface area (Å²) in [5.74, 6) is -1.48. The van der Waals surface area contributed by atoms with Crippen LogP contribution < -0.4 is 42.7 Å². The molecule has 2 aromatic carbocycles. The summed E-state index contributed by atoms with van der Waals surface area (Å²) in [4.78, 5) is 132. The minimum absolute atomic E-state index is 0.000842. The third kappa shape index (κ3) is 26.8. The number of ketones is 2. The second-order valence-corrected chi connectivity index (χ2v) is 58.8. The molecule has 10 N–H and O–H groups in total. The van der Waals surface area contributed by atoms with E-state index >= 15 is 0 Å². The van der Waals surface area contributed by atoms with Gasteiger partial charge in [-0.05, 0) is 108 Å². The fourth-order valence-corrected chi connectivity index (χ4v) is 26.1. The van der Waals surface area contributed by atoms with Gasteiger partial charge < -0.3 is 95.8 Å². The number of anilines is 2. The number of hydrogen-bond donors (Lipinski definition) is 9. The number of aliphatic hydroxyl groups excluding tert-OH is 1. The van der Waals surface area contributed by atoms with E-state index in [4.69, 9.17) is 129 Å². The predicted molar refractivity (Wildman–Crippen MR) is 558 cm³/mol. The largest absolute Gasteiger partial charge is 0.408 e. The number of rotatable bonds is 36. The first kappa shape index (κ1) is 114. The highest BCUT2D eigenvalue weighted by atomic mass is 32.5. The Morgan fingerprint density at radius 3 is 1.51 bits per heavy atom. The summed E-state index contributed by atoms with van der Waals surface area (Å²) >= 11 is 24.1. The molecule has 13 heterocycles. The molecule has 5 aliphatic heterocycles. The lowest BCUT2D eigenvalue weighted by molar-refractivity contribution is -0.122. The molecule has 15 rings (SSSR count). The topological polar surface area (TPSA) is 585 Å². The van der Waals surface area contributed by atoms with Crippen LogP contribution in [0.2, 0.25) is 36.3 Å². The number of aliphatic hydroxyl groups is 1. The number of aromatic nitrogens is 16. The van der Waals surface area contributed by atoms with Crippen molar-refractivity contribution in [1.29, 1.82) is 15.8 Å². The van der Waals surface area contributed by atoms with Crippen LogP contribution in [0.4, 0.5) is 11.6 Å². The highest BCUT2D eigenvalue weighted by Gasteiger charge is 2.57. The van der Waals surface area contributed by atoms with Gasteiger partial charge in [0.15, 0.2) is 85.4 Å². The number of nitriles is 3. The number of amides is 2. The van der Waals surface area contributed by atoms with E-state index in [1.54, 1.807) is 113 Å². The molecule has 5 saturated heterocycles. The van der Waals surface area contributed by atoms with Crippen molar-refractivity contribution in [2.75, 3.05) is 70.0 Å². The number of Topliss-reactive ketones (excluding diaryl/α,β-unsaturated/α-hetero) is 2. The van der Waals surface area contributed by atoms with E-state index in [2.05, 4.69) is 170 Å². The number of carbonyl (C=O) groups is 4. The Balaban J connectivity index is 0.000000234. The van der Waals surface area contributed by atoms with Crippen molar-refractivity contribution in [3.8, 4) is 18.2 Å². The molecule has 2 amide bonds. The van der Waals surface area contributed by atoms with Crippen molar-refractivity contribution in [1.82, 2.24) is 93.3 Å². The van der Waals surface area contributed by atoms with Gasteiger partial charge in [0.2, 0.25) is 6.54 Å². The number of hydrogen-bond acceptors (Lipinski definition) is 38. The van der Waals surface area contributed by atoms with E-state index < -0.39 is 139 Å². The maximum absolute atomic E-state index is 13.3. The van der Waals surface area contributed by atoms with Gasteiger partial charge in [-0.25, -0.2) is 71.7 Å². The molecule has 0 radical (unpaired) electrons. The molecule has 5 aliphatic rings. The Bertz CT molecular complexity index is 6810.